The van der Waals surface area contributed by atoms with E-state index in [1.165, 1.54) is 12.4 Å². The summed E-state index contributed by atoms with van der Waals surface area (Å²) in [5.74, 6) is -2.43. The van der Waals surface area contributed by atoms with Crippen LogP contribution in [0.2, 0.25) is 0 Å². The summed E-state index contributed by atoms with van der Waals surface area (Å²) >= 11 is 1.04. The molecule has 0 saturated heterocycles. The molecule has 1 aromatic carbocycles. The predicted molar refractivity (Wildman–Crippen MR) is 57.8 cm³/mol. The number of nitrogens with zero attached hydrogens (tertiary/aromatic N) is 2. The lowest BCUT2D eigenvalue weighted by molar-refractivity contribution is 0.101. The molecular formula is C10H7F2N3OS. The van der Waals surface area contributed by atoms with Crippen molar-refractivity contribution >= 4 is 17.5 Å². The Kier molecular flexibility index (Phi) is 3.48. The van der Waals surface area contributed by atoms with E-state index in [1.54, 1.807) is 0 Å². The van der Waals surface area contributed by atoms with Gasteiger partial charge in [-0.3, -0.25) is 9.89 Å². The molecule has 4 nitrogen and oxygen atoms in total. The van der Waals surface area contributed by atoms with Crippen molar-refractivity contribution in [3.63, 3.8) is 0 Å². The zero-order valence-electron chi connectivity index (χ0n) is 8.48. The summed E-state index contributed by atoms with van der Waals surface area (Å²) < 4.78 is 26.5. The number of rotatable bonds is 4. The quantitative estimate of drug-likeness (QED) is 0.671. The first kappa shape index (κ1) is 11.7. The van der Waals surface area contributed by atoms with Crippen LogP contribution in [0.4, 0.5) is 8.78 Å². The summed E-state index contributed by atoms with van der Waals surface area (Å²) in [6, 6.07) is 3.32. The van der Waals surface area contributed by atoms with Crippen LogP contribution in [0.15, 0.2) is 29.7 Å². The lowest BCUT2D eigenvalue weighted by atomic mass is 10.1. The van der Waals surface area contributed by atoms with Gasteiger partial charge < -0.3 is 0 Å². The largest absolute Gasteiger partial charge is 0.293 e. The first-order valence-corrected chi connectivity index (χ1v) is 5.62. The topological polar surface area (TPSA) is 58.6 Å². The van der Waals surface area contributed by atoms with E-state index in [9.17, 15) is 13.6 Å². The molecule has 0 aliphatic rings. The average Bonchev–Trinajstić information content (AvgIpc) is 2.79. The van der Waals surface area contributed by atoms with Gasteiger partial charge in [-0.05, 0) is 12.1 Å². The van der Waals surface area contributed by atoms with E-state index in [-0.39, 0.29) is 5.75 Å². The van der Waals surface area contributed by atoms with Crippen molar-refractivity contribution < 1.29 is 13.6 Å². The molecule has 1 heterocycles. The highest BCUT2D eigenvalue weighted by Crippen LogP contribution is 2.17. The number of thioether (sulfide) groups is 1. The van der Waals surface area contributed by atoms with Crippen LogP contribution < -0.4 is 0 Å². The summed E-state index contributed by atoms with van der Waals surface area (Å²) in [6.07, 6.45) is 1.29. The number of Topliss-reactive ketones (excluding diaryl/α,β-unsaturated/α-hetero) is 1. The van der Waals surface area contributed by atoms with Crippen LogP contribution in [0.25, 0.3) is 0 Å². The molecule has 0 aliphatic carbocycles. The Morgan fingerprint density at radius 1 is 1.35 bits per heavy atom. The Labute approximate surface area is 99.5 Å². The van der Waals surface area contributed by atoms with Crippen molar-refractivity contribution in [1.29, 1.82) is 0 Å². The molecule has 0 unspecified atom stereocenters. The molecule has 0 radical (unpaired) electrons. The smallest absolute Gasteiger partial charge is 0.183 e. The number of hydrogen-bond donors (Lipinski definition) is 1. The van der Waals surface area contributed by atoms with Crippen molar-refractivity contribution in [2.75, 3.05) is 5.75 Å². The highest BCUT2D eigenvalue weighted by atomic mass is 32.2. The fraction of sp³-hybridized carbons (Fsp3) is 0.100. The van der Waals surface area contributed by atoms with Gasteiger partial charge in [-0.2, -0.15) is 5.10 Å². The van der Waals surface area contributed by atoms with E-state index in [4.69, 9.17) is 0 Å². The van der Waals surface area contributed by atoms with E-state index in [1.807, 2.05) is 0 Å². The molecule has 88 valence electrons. The first-order valence-electron chi connectivity index (χ1n) is 4.64. The van der Waals surface area contributed by atoms with Crippen molar-refractivity contribution in [2.24, 2.45) is 0 Å². The van der Waals surface area contributed by atoms with Gasteiger partial charge in [-0.15, -0.1) is 0 Å². The number of ketones is 1. The number of carbonyl (C=O) groups is 1. The highest BCUT2D eigenvalue weighted by molar-refractivity contribution is 7.99. The highest BCUT2D eigenvalue weighted by Gasteiger charge is 2.17. The SMILES string of the molecule is O=C(CSc1ncn[nH]1)c1c(F)cccc1F. The minimum atomic E-state index is -0.854. The molecular weight excluding hydrogens is 248 g/mol. The molecule has 0 bridgehead atoms. The molecule has 0 spiro atoms. The van der Waals surface area contributed by atoms with E-state index in [2.05, 4.69) is 15.2 Å². The second-order valence-corrected chi connectivity index (χ2v) is 4.06. The molecule has 17 heavy (non-hydrogen) atoms. The second kappa shape index (κ2) is 5.05. The van der Waals surface area contributed by atoms with E-state index in [0.717, 1.165) is 23.9 Å². The Balaban J connectivity index is 2.10. The summed E-state index contributed by atoms with van der Waals surface area (Å²) in [5, 5.41) is 6.55. The van der Waals surface area contributed by atoms with Crippen LogP contribution in [0.5, 0.6) is 0 Å². The lowest BCUT2D eigenvalue weighted by Gasteiger charge is -2.02. The number of H-pyrrole nitrogens is 1. The van der Waals surface area contributed by atoms with E-state index >= 15 is 0 Å². The third-order valence-electron chi connectivity index (χ3n) is 1.97. The fourth-order valence-electron chi connectivity index (χ4n) is 1.23. The monoisotopic (exact) mass is 255 g/mol. The Hall–Kier alpha value is -1.76. The first-order chi connectivity index (χ1) is 8.18. The minimum absolute atomic E-state index is 0.104. The van der Waals surface area contributed by atoms with Gasteiger partial charge in [0.15, 0.2) is 10.9 Å². The molecule has 0 atom stereocenters. The Morgan fingerprint density at radius 2 is 2.06 bits per heavy atom. The van der Waals surface area contributed by atoms with Gasteiger partial charge >= 0.3 is 0 Å². The van der Waals surface area contributed by atoms with Crippen molar-refractivity contribution in [3.05, 3.63) is 41.7 Å². The van der Waals surface area contributed by atoms with Gasteiger partial charge in [0, 0.05) is 0 Å². The maximum absolute atomic E-state index is 13.3. The van der Waals surface area contributed by atoms with Crippen molar-refractivity contribution in [1.82, 2.24) is 15.2 Å². The second-order valence-electron chi connectivity index (χ2n) is 3.10. The minimum Gasteiger partial charge on any atom is -0.293 e. The summed E-state index contributed by atoms with van der Waals surface area (Å²) in [5.41, 5.74) is -0.514. The summed E-state index contributed by atoms with van der Waals surface area (Å²) in [7, 11) is 0. The normalized spacial score (nSPS) is 10.5. The van der Waals surface area contributed by atoms with Crippen LogP contribution in [-0.4, -0.2) is 26.7 Å². The molecule has 1 N–H and O–H groups in total. The van der Waals surface area contributed by atoms with Crippen LogP contribution in [0.1, 0.15) is 10.4 Å². The standard InChI is InChI=1S/C10H7F2N3OS/c11-6-2-1-3-7(12)9(6)8(16)4-17-10-13-5-14-15-10/h1-3,5H,4H2,(H,13,14,15). The third-order valence-corrected chi connectivity index (χ3v) is 2.85. The zero-order valence-corrected chi connectivity index (χ0v) is 9.30. The van der Waals surface area contributed by atoms with Crippen LogP contribution in [0, 0.1) is 11.6 Å². The van der Waals surface area contributed by atoms with Gasteiger partial charge in [0.1, 0.15) is 18.0 Å². The molecule has 0 aliphatic heterocycles. The molecule has 0 fully saturated rings. The van der Waals surface area contributed by atoms with E-state index < -0.39 is 23.0 Å². The van der Waals surface area contributed by atoms with Crippen LogP contribution >= 0.6 is 11.8 Å². The summed E-state index contributed by atoms with van der Waals surface area (Å²) in [6.45, 7) is 0. The van der Waals surface area contributed by atoms with Crippen LogP contribution in [0.3, 0.4) is 0 Å². The zero-order chi connectivity index (χ0) is 12.3. The number of carbonyl (C=O) groups excluding carboxylic acids is 1. The molecule has 0 saturated carbocycles. The van der Waals surface area contributed by atoms with E-state index in [0.29, 0.717) is 5.16 Å². The third kappa shape index (κ3) is 2.68. The number of halogens is 2. The maximum atomic E-state index is 13.3. The van der Waals surface area contributed by atoms with Crippen molar-refractivity contribution in [3.8, 4) is 0 Å². The van der Waals surface area contributed by atoms with Crippen LogP contribution in [-0.2, 0) is 0 Å². The number of aromatic nitrogens is 3. The molecule has 2 rings (SSSR count). The van der Waals surface area contributed by atoms with Gasteiger partial charge in [0.05, 0.1) is 11.3 Å². The number of benzene rings is 1. The van der Waals surface area contributed by atoms with Gasteiger partial charge in [0.2, 0.25) is 0 Å². The number of aromatic amines is 1. The molecule has 2 aromatic rings. The molecule has 0 amide bonds. The summed E-state index contributed by atoms with van der Waals surface area (Å²) in [4.78, 5) is 15.4. The van der Waals surface area contributed by atoms with Crippen molar-refractivity contribution in [2.45, 2.75) is 5.16 Å². The Morgan fingerprint density at radius 3 is 2.65 bits per heavy atom. The number of hydrogen-bond acceptors (Lipinski definition) is 4. The lowest BCUT2D eigenvalue weighted by Crippen LogP contribution is -2.08. The molecule has 1 aromatic heterocycles. The van der Waals surface area contributed by atoms with Gasteiger partial charge in [0.25, 0.3) is 0 Å². The average molecular weight is 255 g/mol. The van der Waals surface area contributed by atoms with Gasteiger partial charge in [-0.1, -0.05) is 17.8 Å². The maximum Gasteiger partial charge on any atom is 0.183 e. The molecule has 7 heteroatoms. The predicted octanol–water partition coefficient (Wildman–Crippen LogP) is 2.06. The fourth-order valence-corrected chi connectivity index (χ4v) is 1.89. The number of nitrogens with one attached hydrogen (secondary N) is 1. The Bertz CT molecular complexity index is 510. The van der Waals surface area contributed by atoms with Gasteiger partial charge in [-0.25, -0.2) is 13.8 Å².